The predicted molar refractivity (Wildman–Crippen MR) is 66.5 cm³/mol. The molecule has 0 aliphatic heterocycles. The monoisotopic (exact) mass is 272 g/mol. The molecule has 106 valence electrons. The SMILES string of the molecule is C=CCOC(=O)NC(C=NNC(N)=O)CCC(=O)O. The second-order valence-electron chi connectivity index (χ2n) is 3.32. The highest BCUT2D eigenvalue weighted by Gasteiger charge is 2.12. The molecular formula is C10H16N4O5. The second-order valence-corrected chi connectivity index (χ2v) is 3.32. The first-order chi connectivity index (χ1) is 8.95. The number of nitrogens with zero attached hydrogens (tertiary/aromatic N) is 1. The Morgan fingerprint density at radius 1 is 1.47 bits per heavy atom. The summed E-state index contributed by atoms with van der Waals surface area (Å²) in [5.41, 5.74) is 6.72. The molecule has 0 aromatic carbocycles. The summed E-state index contributed by atoms with van der Waals surface area (Å²) in [6, 6.07) is -1.58. The van der Waals surface area contributed by atoms with E-state index in [1.165, 1.54) is 6.08 Å². The average molecular weight is 272 g/mol. The lowest BCUT2D eigenvalue weighted by Crippen LogP contribution is -2.37. The van der Waals surface area contributed by atoms with Gasteiger partial charge in [-0.2, -0.15) is 5.10 Å². The molecule has 0 heterocycles. The first-order valence-electron chi connectivity index (χ1n) is 5.30. The van der Waals surface area contributed by atoms with Crippen LogP contribution in [0.15, 0.2) is 17.8 Å². The number of carboxylic acid groups (broad SMARTS) is 1. The number of aliphatic carboxylic acids is 1. The number of primary amides is 1. The van der Waals surface area contributed by atoms with Gasteiger partial charge in [-0.3, -0.25) is 4.79 Å². The average Bonchev–Trinajstić information content (AvgIpc) is 2.32. The van der Waals surface area contributed by atoms with Gasteiger partial charge in [-0.25, -0.2) is 15.0 Å². The zero-order valence-corrected chi connectivity index (χ0v) is 10.2. The number of hydrogen-bond donors (Lipinski definition) is 4. The normalized spacial score (nSPS) is 11.6. The van der Waals surface area contributed by atoms with Crippen molar-refractivity contribution in [1.82, 2.24) is 10.7 Å². The van der Waals surface area contributed by atoms with Crippen molar-refractivity contribution in [1.29, 1.82) is 0 Å². The number of nitrogens with two attached hydrogens (primary N) is 1. The van der Waals surface area contributed by atoms with Crippen LogP contribution in [-0.4, -0.2) is 42.1 Å². The molecule has 0 aliphatic carbocycles. The van der Waals surface area contributed by atoms with E-state index in [0.717, 1.165) is 6.21 Å². The number of urea groups is 1. The van der Waals surface area contributed by atoms with Crippen molar-refractivity contribution in [2.45, 2.75) is 18.9 Å². The summed E-state index contributed by atoms with van der Waals surface area (Å²) >= 11 is 0. The third-order valence-corrected chi connectivity index (χ3v) is 1.73. The van der Waals surface area contributed by atoms with Gasteiger partial charge in [0.2, 0.25) is 0 Å². The summed E-state index contributed by atoms with van der Waals surface area (Å²) in [7, 11) is 0. The van der Waals surface area contributed by atoms with E-state index in [-0.39, 0.29) is 19.4 Å². The number of nitrogens with one attached hydrogen (secondary N) is 2. The maximum absolute atomic E-state index is 11.3. The number of hydrogen-bond acceptors (Lipinski definition) is 5. The van der Waals surface area contributed by atoms with Gasteiger partial charge in [0.15, 0.2) is 0 Å². The van der Waals surface area contributed by atoms with E-state index in [2.05, 4.69) is 21.7 Å². The maximum Gasteiger partial charge on any atom is 0.407 e. The molecule has 1 atom stereocenters. The van der Waals surface area contributed by atoms with Gasteiger partial charge < -0.3 is 20.9 Å². The first-order valence-corrected chi connectivity index (χ1v) is 5.30. The zero-order valence-electron chi connectivity index (χ0n) is 10.2. The molecule has 0 aliphatic rings. The van der Waals surface area contributed by atoms with Gasteiger partial charge in [0.05, 0.1) is 6.04 Å². The lowest BCUT2D eigenvalue weighted by Gasteiger charge is -2.12. The summed E-state index contributed by atoms with van der Waals surface area (Å²) in [5.74, 6) is -1.03. The molecular weight excluding hydrogens is 256 g/mol. The van der Waals surface area contributed by atoms with Gasteiger partial charge >= 0.3 is 18.1 Å². The number of alkyl carbamates (subject to hydrolysis) is 1. The third-order valence-electron chi connectivity index (χ3n) is 1.73. The van der Waals surface area contributed by atoms with E-state index < -0.39 is 24.1 Å². The smallest absolute Gasteiger partial charge is 0.407 e. The lowest BCUT2D eigenvalue weighted by molar-refractivity contribution is -0.137. The number of carbonyl (C=O) groups is 3. The molecule has 0 bridgehead atoms. The Bertz CT molecular complexity index is 369. The van der Waals surface area contributed by atoms with Crippen molar-refractivity contribution in [3.63, 3.8) is 0 Å². The summed E-state index contributed by atoms with van der Waals surface area (Å²) < 4.78 is 4.67. The molecule has 5 N–H and O–H groups in total. The summed E-state index contributed by atoms with van der Waals surface area (Å²) in [6.45, 7) is 3.39. The van der Waals surface area contributed by atoms with Crippen LogP contribution < -0.4 is 16.5 Å². The minimum Gasteiger partial charge on any atom is -0.481 e. The van der Waals surface area contributed by atoms with Crippen molar-refractivity contribution in [3.8, 4) is 0 Å². The molecule has 0 fully saturated rings. The summed E-state index contributed by atoms with van der Waals surface area (Å²) in [6.07, 6.45) is 1.69. The van der Waals surface area contributed by atoms with Crippen molar-refractivity contribution in [2.75, 3.05) is 6.61 Å². The number of hydrazone groups is 1. The fourth-order valence-corrected chi connectivity index (χ4v) is 0.981. The molecule has 19 heavy (non-hydrogen) atoms. The highest BCUT2D eigenvalue weighted by molar-refractivity contribution is 5.77. The Kier molecular flexibility index (Phi) is 8.17. The van der Waals surface area contributed by atoms with E-state index in [4.69, 9.17) is 10.8 Å². The van der Waals surface area contributed by atoms with Crippen molar-refractivity contribution in [3.05, 3.63) is 12.7 Å². The fraction of sp³-hybridized carbons (Fsp3) is 0.400. The van der Waals surface area contributed by atoms with Crippen LogP contribution in [0.25, 0.3) is 0 Å². The van der Waals surface area contributed by atoms with Gasteiger partial charge in [0, 0.05) is 12.6 Å². The molecule has 0 rings (SSSR count). The van der Waals surface area contributed by atoms with E-state index in [1.807, 2.05) is 5.43 Å². The Balaban J connectivity index is 4.34. The second kappa shape index (κ2) is 9.45. The first kappa shape index (κ1) is 16.4. The Labute approximate surface area is 109 Å². The molecule has 9 nitrogen and oxygen atoms in total. The number of amides is 3. The van der Waals surface area contributed by atoms with Crippen molar-refractivity contribution < 1.29 is 24.2 Å². The number of ether oxygens (including phenoxy) is 1. The Morgan fingerprint density at radius 2 is 2.16 bits per heavy atom. The highest BCUT2D eigenvalue weighted by Crippen LogP contribution is 1.96. The van der Waals surface area contributed by atoms with Crippen molar-refractivity contribution >= 4 is 24.3 Å². The maximum atomic E-state index is 11.3. The molecule has 9 heteroatoms. The molecule has 0 saturated heterocycles. The van der Waals surface area contributed by atoms with Gasteiger partial charge in [-0.15, -0.1) is 0 Å². The summed E-state index contributed by atoms with van der Waals surface area (Å²) in [4.78, 5) is 32.1. The molecule has 0 aromatic rings. The van der Waals surface area contributed by atoms with Gasteiger partial charge in [0.25, 0.3) is 0 Å². The predicted octanol–water partition coefficient (Wildman–Crippen LogP) is -0.214. The van der Waals surface area contributed by atoms with Gasteiger partial charge in [-0.1, -0.05) is 12.7 Å². The highest BCUT2D eigenvalue weighted by atomic mass is 16.5. The molecule has 1 unspecified atom stereocenters. The molecule has 0 spiro atoms. The standard InChI is InChI=1S/C10H16N4O5/c1-2-5-19-10(18)13-7(3-4-8(15)16)6-12-14-9(11)17/h2,6-7H,1,3-5H2,(H,13,18)(H,15,16)(H3,11,14,17). The van der Waals surface area contributed by atoms with Crippen LogP contribution in [-0.2, 0) is 9.53 Å². The number of rotatable bonds is 8. The molecule has 3 amide bonds. The van der Waals surface area contributed by atoms with Crippen LogP contribution in [0.5, 0.6) is 0 Å². The van der Waals surface area contributed by atoms with E-state index in [9.17, 15) is 14.4 Å². The van der Waals surface area contributed by atoms with Gasteiger partial charge in [0.1, 0.15) is 6.61 Å². The topological polar surface area (TPSA) is 143 Å². The van der Waals surface area contributed by atoms with Crippen molar-refractivity contribution in [2.24, 2.45) is 10.8 Å². The van der Waals surface area contributed by atoms with E-state index in [0.29, 0.717) is 0 Å². The minimum atomic E-state index is -1.03. The largest absolute Gasteiger partial charge is 0.481 e. The van der Waals surface area contributed by atoms with Crippen LogP contribution >= 0.6 is 0 Å². The van der Waals surface area contributed by atoms with E-state index >= 15 is 0 Å². The van der Waals surface area contributed by atoms with E-state index in [1.54, 1.807) is 0 Å². The fourth-order valence-electron chi connectivity index (χ4n) is 0.981. The third kappa shape index (κ3) is 10.3. The summed E-state index contributed by atoms with van der Waals surface area (Å²) in [5, 5.41) is 14.4. The van der Waals surface area contributed by atoms with Crippen LogP contribution in [0.2, 0.25) is 0 Å². The lowest BCUT2D eigenvalue weighted by atomic mass is 10.2. The van der Waals surface area contributed by atoms with Gasteiger partial charge in [-0.05, 0) is 6.42 Å². The quantitative estimate of drug-likeness (QED) is 0.274. The van der Waals surface area contributed by atoms with Crippen LogP contribution in [0.1, 0.15) is 12.8 Å². The van der Waals surface area contributed by atoms with Crippen LogP contribution in [0.3, 0.4) is 0 Å². The minimum absolute atomic E-state index is 0.0220. The number of carbonyl (C=O) groups excluding carboxylic acids is 2. The van der Waals surface area contributed by atoms with Crippen LogP contribution in [0, 0.1) is 0 Å². The number of carboxylic acids is 1. The van der Waals surface area contributed by atoms with Crippen LogP contribution in [0.4, 0.5) is 9.59 Å². The zero-order chi connectivity index (χ0) is 14.7. The molecule has 0 saturated carbocycles. The Hall–Kier alpha value is -2.58. The molecule has 0 radical (unpaired) electrons. The molecule has 0 aromatic heterocycles. The Morgan fingerprint density at radius 3 is 2.68 bits per heavy atom.